The van der Waals surface area contributed by atoms with Gasteiger partial charge in [0.1, 0.15) is 11.5 Å². The zero-order chi connectivity index (χ0) is 57.2. The monoisotopic (exact) mass is 1110 g/mol. The molecular weight excluding hydrogens is 1070 g/mol. The summed E-state index contributed by atoms with van der Waals surface area (Å²) in [4.78, 5) is 40.3. The zero-order valence-corrected chi connectivity index (χ0v) is 46.3. The number of imidazole rings is 2. The molecule has 0 fully saturated rings. The van der Waals surface area contributed by atoms with Crippen molar-refractivity contribution in [3.8, 4) is 78.5 Å². The zero-order valence-electron chi connectivity index (χ0n) is 46.3. The number of para-hydroxylation sites is 5. The first kappa shape index (κ1) is 47.5. The number of nitrogens with zero attached hydrogens (tertiary/aromatic N) is 6. The average Bonchev–Trinajstić information content (AvgIpc) is 3.99. The molecule has 0 saturated heterocycles. The van der Waals surface area contributed by atoms with Crippen molar-refractivity contribution >= 4 is 98.3 Å². The third-order valence-electron chi connectivity index (χ3n) is 18.2. The number of aromatic nitrogens is 6. The first-order valence-corrected chi connectivity index (χ1v) is 29.2. The normalized spacial score (nSPS) is 12.3. The number of rotatable bonds is 6. The van der Waals surface area contributed by atoms with Crippen molar-refractivity contribution in [1.82, 2.24) is 27.9 Å². The minimum Gasteiger partial charge on any atom is -0.456 e. The van der Waals surface area contributed by atoms with Gasteiger partial charge in [-0.25, -0.2) is 28.4 Å². The van der Waals surface area contributed by atoms with Crippen molar-refractivity contribution in [2.45, 2.75) is 0 Å². The lowest BCUT2D eigenvalue weighted by Gasteiger charge is -2.22. The summed E-state index contributed by atoms with van der Waals surface area (Å²) in [5.41, 5.74) is 17.6. The highest BCUT2D eigenvalue weighted by atomic mass is 16.5. The second kappa shape index (κ2) is 17.8. The van der Waals surface area contributed by atoms with E-state index in [2.05, 4.69) is 164 Å². The molecule has 404 valence electrons. The van der Waals surface area contributed by atoms with Crippen LogP contribution < -0.4 is 16.1 Å². The van der Waals surface area contributed by atoms with Crippen LogP contribution >= 0.6 is 0 Å². The second-order valence-corrected chi connectivity index (χ2v) is 22.8. The van der Waals surface area contributed by atoms with Gasteiger partial charge in [0.15, 0.2) is 11.3 Å². The van der Waals surface area contributed by atoms with Crippen LogP contribution in [0.25, 0.3) is 165 Å². The lowest BCUT2D eigenvalue weighted by Crippen LogP contribution is -2.25. The molecule has 0 saturated carbocycles. The second-order valence-electron chi connectivity index (χ2n) is 22.8. The van der Waals surface area contributed by atoms with E-state index in [1.165, 1.54) is 16.2 Å². The van der Waals surface area contributed by atoms with Gasteiger partial charge in [-0.05, 0) is 179 Å². The molecule has 9 nitrogen and oxygen atoms in total. The smallest absolute Gasteiger partial charge is 0.339 e. The van der Waals surface area contributed by atoms with Crippen molar-refractivity contribution in [2.24, 2.45) is 0 Å². The van der Waals surface area contributed by atoms with Gasteiger partial charge in [-0.1, -0.05) is 176 Å². The molecule has 0 atom stereocenters. The fraction of sp³-hybridized carbons (Fsp3) is 0. The van der Waals surface area contributed by atoms with Gasteiger partial charge in [0, 0.05) is 21.7 Å². The van der Waals surface area contributed by atoms with Crippen molar-refractivity contribution in [3.63, 3.8) is 0 Å². The van der Waals surface area contributed by atoms with E-state index in [4.69, 9.17) is 14.7 Å². The summed E-state index contributed by atoms with van der Waals surface area (Å²) in [5, 5.41) is 10.9. The fourth-order valence-electron chi connectivity index (χ4n) is 14.2. The predicted molar refractivity (Wildman–Crippen MR) is 354 cm³/mol. The Kier molecular flexibility index (Phi) is 9.72. The van der Waals surface area contributed by atoms with E-state index >= 15 is 4.79 Å². The van der Waals surface area contributed by atoms with Crippen LogP contribution in [0.4, 0.5) is 0 Å². The molecule has 0 N–H and O–H groups in total. The summed E-state index contributed by atoms with van der Waals surface area (Å²) in [6.45, 7) is 0. The minimum atomic E-state index is -0.200. The maximum Gasteiger partial charge on any atom is 0.339 e. The lowest BCUT2D eigenvalue weighted by atomic mass is 9.86. The molecule has 1 aliphatic rings. The molecule has 0 bridgehead atoms. The van der Waals surface area contributed by atoms with Crippen LogP contribution in [0.2, 0.25) is 0 Å². The van der Waals surface area contributed by atoms with Crippen LogP contribution in [0.3, 0.4) is 0 Å². The van der Waals surface area contributed by atoms with Crippen LogP contribution in [-0.2, 0) is 0 Å². The summed E-state index contributed by atoms with van der Waals surface area (Å²) in [6.07, 6.45) is 0. The van der Waals surface area contributed by atoms with Crippen molar-refractivity contribution in [3.05, 3.63) is 288 Å². The molecular formula is C78H44N6O3. The summed E-state index contributed by atoms with van der Waals surface area (Å²) in [7, 11) is 0. The van der Waals surface area contributed by atoms with E-state index in [1.54, 1.807) is 13.4 Å². The first-order chi connectivity index (χ1) is 43.0. The topological polar surface area (TPSA) is 87.8 Å². The molecule has 18 aromatic rings. The van der Waals surface area contributed by atoms with E-state index in [0.717, 1.165) is 149 Å². The van der Waals surface area contributed by atoms with E-state index < -0.39 is 0 Å². The minimum absolute atomic E-state index is 0.165. The molecule has 0 amide bonds. The standard InChI is InChI=1S/C78H44N6O3/c85-77-81(52-14-3-1-4-15-52)67-42-48(30-36-61(67)75-79-64-21-8-9-22-66(64)83(75)77)45-25-27-46(28-26-45)54-34-32-51-41-63(58-19-11-13-47-29-35-59(54)73(51)72(47)58)50-33-40-65-69(44-50)84-76(80-65)62-37-31-49(43-68(62)82(78(84)86)53-16-5-2-6-17-53)55-38-39-60-56-18-7-10-23-70(56)87-71-24-12-20-57(55)74(60)71/h1-44H. The van der Waals surface area contributed by atoms with Gasteiger partial charge in [-0.3, -0.25) is 9.13 Å². The van der Waals surface area contributed by atoms with Gasteiger partial charge in [0.05, 0.1) is 44.5 Å². The quantitative estimate of drug-likeness (QED) is 0.155. The predicted octanol–water partition coefficient (Wildman–Crippen LogP) is 18.4. The highest BCUT2D eigenvalue weighted by Gasteiger charge is 2.25. The van der Waals surface area contributed by atoms with Crippen molar-refractivity contribution in [2.75, 3.05) is 0 Å². The van der Waals surface area contributed by atoms with E-state index in [9.17, 15) is 4.79 Å². The summed E-state index contributed by atoms with van der Waals surface area (Å²) in [5.74, 6) is 1.68. The molecule has 5 heterocycles. The molecule has 0 spiro atoms. The summed E-state index contributed by atoms with van der Waals surface area (Å²) < 4.78 is 13.6. The van der Waals surface area contributed by atoms with Crippen molar-refractivity contribution in [1.29, 1.82) is 0 Å². The van der Waals surface area contributed by atoms with E-state index in [-0.39, 0.29) is 11.4 Å². The highest BCUT2D eigenvalue weighted by Crippen LogP contribution is 2.49. The number of ether oxygens (including phenoxy) is 1. The maximum atomic E-state index is 15.5. The summed E-state index contributed by atoms with van der Waals surface area (Å²) in [6, 6.07) is 92.1. The Labute approximate surface area is 494 Å². The largest absolute Gasteiger partial charge is 0.456 e. The van der Waals surface area contributed by atoms with Gasteiger partial charge in [0.25, 0.3) is 0 Å². The molecule has 1 aliphatic heterocycles. The van der Waals surface area contributed by atoms with Gasteiger partial charge in [-0.2, -0.15) is 0 Å². The Morgan fingerprint density at radius 1 is 0.287 bits per heavy atom. The lowest BCUT2D eigenvalue weighted by molar-refractivity contribution is 0.487. The number of fused-ring (bicyclic) bond motifs is 12. The van der Waals surface area contributed by atoms with Crippen molar-refractivity contribution < 1.29 is 4.74 Å². The molecule has 0 aliphatic carbocycles. The van der Waals surface area contributed by atoms with Crippen LogP contribution in [-0.4, -0.2) is 27.9 Å². The van der Waals surface area contributed by atoms with Crippen LogP contribution in [0.15, 0.2) is 277 Å². The Morgan fingerprint density at radius 2 is 0.793 bits per heavy atom. The Hall–Kier alpha value is -11.9. The van der Waals surface area contributed by atoms with Gasteiger partial charge in [0.2, 0.25) is 0 Å². The van der Waals surface area contributed by atoms with Crippen LogP contribution in [0.1, 0.15) is 0 Å². The molecule has 4 aromatic heterocycles. The average molecular weight is 1110 g/mol. The molecule has 87 heavy (non-hydrogen) atoms. The van der Waals surface area contributed by atoms with Gasteiger partial charge >= 0.3 is 11.4 Å². The maximum absolute atomic E-state index is 15.5. The Balaban J connectivity index is 0.725. The van der Waals surface area contributed by atoms with Crippen LogP contribution in [0.5, 0.6) is 11.5 Å². The van der Waals surface area contributed by atoms with E-state index in [1.807, 2.05) is 108 Å². The molecule has 19 rings (SSSR count). The molecule has 14 aromatic carbocycles. The molecule has 0 radical (unpaired) electrons. The highest BCUT2D eigenvalue weighted by molar-refractivity contribution is 6.28. The third kappa shape index (κ3) is 6.79. The molecule has 9 heteroatoms. The first-order valence-electron chi connectivity index (χ1n) is 29.2. The number of hydrogen-bond donors (Lipinski definition) is 0. The Morgan fingerprint density at radius 3 is 1.56 bits per heavy atom. The molecule has 0 unspecified atom stereocenters. The Bertz CT molecular complexity index is 6140. The van der Waals surface area contributed by atoms with Gasteiger partial charge < -0.3 is 4.74 Å². The van der Waals surface area contributed by atoms with Gasteiger partial charge in [-0.15, -0.1) is 0 Å². The third-order valence-corrected chi connectivity index (χ3v) is 18.2. The summed E-state index contributed by atoms with van der Waals surface area (Å²) >= 11 is 0. The number of benzene rings is 14. The fourth-order valence-corrected chi connectivity index (χ4v) is 14.2. The SMILES string of the molecule is O=c1n(-c2ccccc2)c2cc(-c3ccc(-c4ccc5cc(-c6ccc7nc8c9ccc(-c%10ccc%11c%12c(cccc%10%12)Oc%10ccccc%10-%11)cc9n(-c9ccccc9)c(=O)n8c7c6)c6cccc7ccc4c5c76)cc3)ccc2c2nc3ccccc3n12. The van der Waals surface area contributed by atoms with E-state index in [0.29, 0.717) is 11.3 Å². The van der Waals surface area contributed by atoms with Crippen LogP contribution in [0, 0.1) is 0 Å². The number of hydrogen-bond acceptors (Lipinski definition) is 5.